The van der Waals surface area contributed by atoms with E-state index in [0.29, 0.717) is 0 Å². The smallest absolute Gasteiger partial charge is 0.307 e. The Bertz CT molecular complexity index is 537. The Kier molecular flexibility index (Phi) is 3.39. The summed E-state index contributed by atoms with van der Waals surface area (Å²) >= 11 is 1.53. The van der Waals surface area contributed by atoms with Crippen LogP contribution < -0.4 is 5.32 Å². The van der Waals surface area contributed by atoms with Gasteiger partial charge in [0.1, 0.15) is 0 Å². The van der Waals surface area contributed by atoms with Gasteiger partial charge in [0.25, 0.3) is 0 Å². The van der Waals surface area contributed by atoms with E-state index in [-0.39, 0.29) is 6.42 Å². The van der Waals surface area contributed by atoms with E-state index in [0.717, 1.165) is 22.1 Å². The van der Waals surface area contributed by atoms with Crippen molar-refractivity contribution < 1.29 is 9.90 Å². The monoisotopic (exact) mass is 248 g/mol. The number of nitrogens with zero attached hydrogens (tertiary/aromatic N) is 1. The zero-order chi connectivity index (χ0) is 12.3. The van der Waals surface area contributed by atoms with E-state index < -0.39 is 5.97 Å². The molecule has 0 unspecified atom stereocenters. The molecule has 5 heteroatoms. The molecule has 1 heterocycles. The summed E-state index contributed by atoms with van der Waals surface area (Å²) in [6, 6.07) is 7.35. The predicted octanol–water partition coefficient (Wildman–Crippen LogP) is 2.82. The average molecular weight is 248 g/mol. The van der Waals surface area contributed by atoms with Gasteiger partial charge in [-0.25, -0.2) is 4.98 Å². The summed E-state index contributed by atoms with van der Waals surface area (Å²) in [6.45, 7) is 1.93. The Morgan fingerprint density at radius 2 is 2.35 bits per heavy atom. The van der Waals surface area contributed by atoms with Gasteiger partial charge in [0.2, 0.25) is 0 Å². The number of hydrogen-bond donors (Lipinski definition) is 2. The molecular formula is C12H12N2O2S. The van der Waals surface area contributed by atoms with Gasteiger partial charge in [-0.3, -0.25) is 4.79 Å². The minimum absolute atomic E-state index is 0.0341. The lowest BCUT2D eigenvalue weighted by molar-refractivity contribution is -0.136. The summed E-state index contributed by atoms with van der Waals surface area (Å²) in [5, 5.41) is 14.6. The van der Waals surface area contributed by atoms with E-state index in [9.17, 15) is 4.79 Å². The van der Waals surface area contributed by atoms with Gasteiger partial charge in [-0.05, 0) is 24.6 Å². The Morgan fingerprint density at radius 3 is 3.00 bits per heavy atom. The maximum atomic E-state index is 10.6. The minimum atomic E-state index is -0.827. The van der Waals surface area contributed by atoms with Crippen molar-refractivity contribution in [1.82, 2.24) is 4.98 Å². The molecular weight excluding hydrogens is 236 g/mol. The molecule has 0 atom stereocenters. The summed E-state index contributed by atoms with van der Waals surface area (Å²) in [6.07, 6.45) is 0.0341. The van der Waals surface area contributed by atoms with Gasteiger partial charge in [0, 0.05) is 11.1 Å². The largest absolute Gasteiger partial charge is 0.481 e. The first-order chi connectivity index (χ1) is 8.13. The molecule has 0 saturated heterocycles. The van der Waals surface area contributed by atoms with Crippen molar-refractivity contribution in [3.63, 3.8) is 0 Å². The molecule has 2 N–H and O–H groups in total. The molecule has 0 saturated carbocycles. The number of hydrogen-bond acceptors (Lipinski definition) is 4. The number of anilines is 2. The molecule has 0 radical (unpaired) electrons. The zero-order valence-corrected chi connectivity index (χ0v) is 10.1. The van der Waals surface area contributed by atoms with Gasteiger partial charge in [0.15, 0.2) is 5.13 Å². The van der Waals surface area contributed by atoms with Crippen LogP contribution >= 0.6 is 11.3 Å². The molecule has 4 nitrogen and oxygen atoms in total. The second kappa shape index (κ2) is 4.97. The molecule has 2 rings (SSSR count). The fourth-order valence-corrected chi connectivity index (χ4v) is 2.18. The number of carbonyl (C=O) groups is 1. The first kappa shape index (κ1) is 11.6. The fraction of sp³-hybridized carbons (Fsp3) is 0.167. The Balaban J connectivity index is 2.13. The van der Waals surface area contributed by atoms with Crippen LogP contribution in [0.4, 0.5) is 10.8 Å². The Hall–Kier alpha value is -1.88. The number of carboxylic acid groups (broad SMARTS) is 1. The van der Waals surface area contributed by atoms with Crippen LogP contribution in [0.5, 0.6) is 0 Å². The number of benzene rings is 1. The average Bonchev–Trinajstić information content (AvgIpc) is 2.63. The molecule has 88 valence electrons. The van der Waals surface area contributed by atoms with Crippen LogP contribution in [0.3, 0.4) is 0 Å². The van der Waals surface area contributed by atoms with Gasteiger partial charge in [0.05, 0.1) is 12.1 Å². The molecule has 0 aliphatic heterocycles. The number of aliphatic carboxylic acids is 1. The van der Waals surface area contributed by atoms with E-state index in [1.807, 2.05) is 30.5 Å². The normalized spacial score (nSPS) is 10.2. The van der Waals surface area contributed by atoms with E-state index in [1.54, 1.807) is 6.07 Å². The van der Waals surface area contributed by atoms with Crippen LogP contribution in [0, 0.1) is 6.92 Å². The second-order valence-corrected chi connectivity index (χ2v) is 4.55. The van der Waals surface area contributed by atoms with Crippen molar-refractivity contribution >= 4 is 28.1 Å². The van der Waals surface area contributed by atoms with Crippen molar-refractivity contribution in [2.45, 2.75) is 13.3 Å². The third kappa shape index (κ3) is 3.29. The van der Waals surface area contributed by atoms with Crippen LogP contribution in [0.15, 0.2) is 29.6 Å². The molecule has 17 heavy (non-hydrogen) atoms. The molecule has 1 aromatic heterocycles. The van der Waals surface area contributed by atoms with E-state index in [1.165, 1.54) is 11.3 Å². The van der Waals surface area contributed by atoms with E-state index in [4.69, 9.17) is 5.11 Å². The number of carboxylic acids is 1. The highest BCUT2D eigenvalue weighted by molar-refractivity contribution is 7.13. The third-order valence-electron chi connectivity index (χ3n) is 2.15. The number of thiazole rings is 1. The summed E-state index contributed by atoms with van der Waals surface area (Å²) in [5.41, 5.74) is 2.60. The summed E-state index contributed by atoms with van der Waals surface area (Å²) in [4.78, 5) is 14.9. The topological polar surface area (TPSA) is 62.2 Å². The van der Waals surface area contributed by atoms with Crippen LogP contribution in [0.25, 0.3) is 0 Å². The summed E-state index contributed by atoms with van der Waals surface area (Å²) in [7, 11) is 0. The van der Waals surface area contributed by atoms with Gasteiger partial charge < -0.3 is 10.4 Å². The van der Waals surface area contributed by atoms with Gasteiger partial charge >= 0.3 is 5.97 Å². The van der Waals surface area contributed by atoms with Crippen LogP contribution in [0.1, 0.15) is 11.3 Å². The lowest BCUT2D eigenvalue weighted by atomic mass is 10.1. The van der Waals surface area contributed by atoms with Crippen LogP contribution in [-0.2, 0) is 11.2 Å². The van der Waals surface area contributed by atoms with Crippen molar-refractivity contribution in [1.29, 1.82) is 0 Å². The van der Waals surface area contributed by atoms with E-state index in [2.05, 4.69) is 10.3 Å². The molecule has 0 bridgehead atoms. The Morgan fingerprint density at radius 1 is 1.53 bits per heavy atom. The molecule has 0 spiro atoms. The first-order valence-electron chi connectivity index (χ1n) is 5.13. The van der Waals surface area contributed by atoms with Crippen molar-refractivity contribution in [2.75, 3.05) is 5.32 Å². The van der Waals surface area contributed by atoms with Crippen molar-refractivity contribution in [3.05, 3.63) is 40.9 Å². The first-order valence-corrected chi connectivity index (χ1v) is 6.01. The molecule has 1 aromatic carbocycles. The highest BCUT2D eigenvalue weighted by Crippen LogP contribution is 2.21. The minimum Gasteiger partial charge on any atom is -0.481 e. The molecule has 0 aliphatic rings. The third-order valence-corrected chi connectivity index (χ3v) is 3.03. The number of nitrogens with one attached hydrogen (secondary N) is 1. The highest BCUT2D eigenvalue weighted by Gasteiger charge is 2.03. The Labute approximate surface area is 103 Å². The standard InChI is InChI=1S/C12H12N2O2S/c1-8-7-17-12(13-8)14-10-4-2-3-9(5-10)6-11(15)16/h2-5,7H,6H2,1H3,(H,13,14)(H,15,16). The maximum absolute atomic E-state index is 10.6. The van der Waals surface area contributed by atoms with Gasteiger partial charge in [-0.2, -0.15) is 0 Å². The lowest BCUT2D eigenvalue weighted by Crippen LogP contribution is -2.00. The van der Waals surface area contributed by atoms with Crippen molar-refractivity contribution in [2.24, 2.45) is 0 Å². The predicted molar refractivity (Wildman–Crippen MR) is 67.9 cm³/mol. The van der Waals surface area contributed by atoms with Crippen molar-refractivity contribution in [3.8, 4) is 0 Å². The van der Waals surface area contributed by atoms with E-state index >= 15 is 0 Å². The van der Waals surface area contributed by atoms with Crippen LogP contribution in [-0.4, -0.2) is 16.1 Å². The molecule has 0 fully saturated rings. The van der Waals surface area contributed by atoms with Crippen LogP contribution in [0.2, 0.25) is 0 Å². The molecule has 0 aliphatic carbocycles. The quantitative estimate of drug-likeness (QED) is 0.873. The maximum Gasteiger partial charge on any atom is 0.307 e. The SMILES string of the molecule is Cc1csc(Nc2cccc(CC(=O)O)c2)n1. The highest BCUT2D eigenvalue weighted by atomic mass is 32.1. The second-order valence-electron chi connectivity index (χ2n) is 3.69. The summed E-state index contributed by atoms with van der Waals surface area (Å²) in [5.74, 6) is -0.827. The number of aromatic nitrogens is 1. The van der Waals surface area contributed by atoms with Gasteiger partial charge in [-0.15, -0.1) is 11.3 Å². The molecule has 2 aromatic rings. The fourth-order valence-electron chi connectivity index (χ4n) is 1.47. The zero-order valence-electron chi connectivity index (χ0n) is 9.30. The lowest BCUT2D eigenvalue weighted by Gasteiger charge is -2.04. The number of aryl methyl sites for hydroxylation is 1. The van der Waals surface area contributed by atoms with Gasteiger partial charge in [-0.1, -0.05) is 12.1 Å². The molecule has 0 amide bonds. The summed E-state index contributed by atoms with van der Waals surface area (Å²) < 4.78 is 0. The number of rotatable bonds is 4.